The SMILES string of the molecule is CCOC(=O)C(C)(N)CCCSc1nccn1C. The summed E-state index contributed by atoms with van der Waals surface area (Å²) in [5.74, 6) is 0.559. The van der Waals surface area contributed by atoms with Gasteiger partial charge in [0.15, 0.2) is 5.16 Å². The fourth-order valence-corrected chi connectivity index (χ4v) is 2.36. The minimum absolute atomic E-state index is 0.327. The van der Waals surface area contributed by atoms with Crippen molar-refractivity contribution in [1.29, 1.82) is 0 Å². The Morgan fingerprint density at radius 2 is 2.39 bits per heavy atom. The van der Waals surface area contributed by atoms with Crippen molar-refractivity contribution in [2.75, 3.05) is 12.4 Å². The van der Waals surface area contributed by atoms with Gasteiger partial charge < -0.3 is 15.0 Å². The van der Waals surface area contributed by atoms with Crippen LogP contribution in [0.3, 0.4) is 0 Å². The van der Waals surface area contributed by atoms with E-state index in [1.54, 1.807) is 31.8 Å². The van der Waals surface area contributed by atoms with Gasteiger partial charge in [-0.2, -0.15) is 0 Å². The van der Waals surface area contributed by atoms with Gasteiger partial charge in [-0.25, -0.2) is 4.98 Å². The Balaban J connectivity index is 2.29. The van der Waals surface area contributed by atoms with Crippen LogP contribution in [0.15, 0.2) is 17.6 Å². The molecule has 1 atom stereocenters. The second-order valence-electron chi connectivity index (χ2n) is 4.41. The standard InChI is InChI=1S/C12H21N3O2S/c1-4-17-10(16)12(2,13)6-5-9-18-11-14-7-8-15(11)3/h7-8H,4-6,9,13H2,1-3H3. The molecule has 0 aliphatic heterocycles. The highest BCUT2D eigenvalue weighted by atomic mass is 32.2. The number of hydrogen-bond acceptors (Lipinski definition) is 5. The lowest BCUT2D eigenvalue weighted by molar-refractivity contribution is -0.149. The number of ether oxygens (including phenoxy) is 1. The molecule has 2 N–H and O–H groups in total. The van der Waals surface area contributed by atoms with Gasteiger partial charge >= 0.3 is 5.97 Å². The molecule has 18 heavy (non-hydrogen) atoms. The molecular weight excluding hydrogens is 250 g/mol. The van der Waals surface area contributed by atoms with E-state index in [1.165, 1.54) is 0 Å². The molecule has 0 fully saturated rings. The van der Waals surface area contributed by atoms with Crippen molar-refractivity contribution in [1.82, 2.24) is 9.55 Å². The van der Waals surface area contributed by atoms with Crippen LogP contribution in [0, 0.1) is 0 Å². The molecule has 0 spiro atoms. The maximum atomic E-state index is 11.6. The van der Waals surface area contributed by atoms with Crippen molar-refractivity contribution in [3.05, 3.63) is 12.4 Å². The van der Waals surface area contributed by atoms with E-state index in [-0.39, 0.29) is 5.97 Å². The molecule has 1 rings (SSSR count). The summed E-state index contributed by atoms with van der Waals surface area (Å²) < 4.78 is 6.91. The number of aryl methyl sites for hydroxylation is 1. The zero-order valence-electron chi connectivity index (χ0n) is 11.2. The Morgan fingerprint density at radius 3 is 2.94 bits per heavy atom. The Labute approximate surface area is 112 Å². The highest BCUT2D eigenvalue weighted by Gasteiger charge is 2.29. The predicted octanol–water partition coefficient (Wildman–Crippen LogP) is 1.57. The minimum atomic E-state index is -0.891. The highest BCUT2D eigenvalue weighted by molar-refractivity contribution is 7.99. The summed E-state index contributed by atoms with van der Waals surface area (Å²) in [6.07, 6.45) is 5.15. The number of esters is 1. The third-order valence-electron chi connectivity index (χ3n) is 2.59. The second-order valence-corrected chi connectivity index (χ2v) is 5.47. The molecule has 0 aromatic carbocycles. The lowest BCUT2D eigenvalue weighted by atomic mass is 9.98. The number of rotatable bonds is 7. The normalized spacial score (nSPS) is 14.2. The zero-order chi connectivity index (χ0) is 13.6. The molecule has 0 bridgehead atoms. The molecular formula is C12H21N3O2S. The molecule has 102 valence electrons. The number of aromatic nitrogens is 2. The number of imidazole rings is 1. The quantitative estimate of drug-likeness (QED) is 0.463. The lowest BCUT2D eigenvalue weighted by Gasteiger charge is -2.21. The molecule has 1 aromatic heterocycles. The topological polar surface area (TPSA) is 70.1 Å². The van der Waals surface area contributed by atoms with Crippen LogP contribution < -0.4 is 5.73 Å². The van der Waals surface area contributed by atoms with E-state index in [0.29, 0.717) is 13.0 Å². The summed E-state index contributed by atoms with van der Waals surface area (Å²) in [5.41, 5.74) is 5.04. The van der Waals surface area contributed by atoms with Crippen LogP contribution in [-0.2, 0) is 16.6 Å². The Morgan fingerprint density at radius 1 is 1.67 bits per heavy atom. The number of carbonyl (C=O) groups excluding carboxylic acids is 1. The highest BCUT2D eigenvalue weighted by Crippen LogP contribution is 2.19. The summed E-state index contributed by atoms with van der Waals surface area (Å²) >= 11 is 1.66. The summed E-state index contributed by atoms with van der Waals surface area (Å²) in [6.45, 7) is 3.87. The van der Waals surface area contributed by atoms with Crippen molar-refractivity contribution in [3.8, 4) is 0 Å². The Bertz CT molecular complexity index is 390. The number of hydrogen-bond donors (Lipinski definition) is 1. The fourth-order valence-electron chi connectivity index (χ4n) is 1.49. The molecule has 0 saturated heterocycles. The van der Waals surface area contributed by atoms with Crippen LogP contribution >= 0.6 is 11.8 Å². The zero-order valence-corrected chi connectivity index (χ0v) is 12.0. The number of carbonyl (C=O) groups is 1. The van der Waals surface area contributed by atoms with Crippen molar-refractivity contribution in [2.24, 2.45) is 12.8 Å². The third-order valence-corrected chi connectivity index (χ3v) is 3.73. The molecule has 0 aliphatic rings. The second kappa shape index (κ2) is 6.80. The maximum Gasteiger partial charge on any atom is 0.325 e. The first-order chi connectivity index (χ1) is 8.47. The van der Waals surface area contributed by atoms with Crippen molar-refractivity contribution in [3.63, 3.8) is 0 Å². The van der Waals surface area contributed by atoms with Crippen LogP contribution in [0.2, 0.25) is 0 Å². The van der Waals surface area contributed by atoms with E-state index in [1.807, 2.05) is 17.8 Å². The smallest absolute Gasteiger partial charge is 0.325 e. The Kier molecular flexibility index (Phi) is 5.68. The molecule has 1 unspecified atom stereocenters. The molecule has 1 heterocycles. The van der Waals surface area contributed by atoms with E-state index < -0.39 is 5.54 Å². The minimum Gasteiger partial charge on any atom is -0.465 e. The summed E-state index contributed by atoms with van der Waals surface area (Å²) in [5, 5.41) is 0.977. The van der Waals surface area contributed by atoms with Crippen LogP contribution in [0.1, 0.15) is 26.7 Å². The number of nitrogens with two attached hydrogens (primary N) is 1. The van der Waals surface area contributed by atoms with Crippen LogP contribution in [0.25, 0.3) is 0 Å². The third kappa shape index (κ3) is 4.34. The molecule has 6 heteroatoms. The fraction of sp³-hybridized carbons (Fsp3) is 0.667. The molecule has 1 aromatic rings. The molecule has 0 saturated carbocycles. The van der Waals surface area contributed by atoms with Gasteiger partial charge in [0.25, 0.3) is 0 Å². The molecule has 0 aliphatic carbocycles. The van der Waals surface area contributed by atoms with E-state index in [4.69, 9.17) is 10.5 Å². The van der Waals surface area contributed by atoms with Gasteiger partial charge in [-0.1, -0.05) is 11.8 Å². The monoisotopic (exact) mass is 271 g/mol. The van der Waals surface area contributed by atoms with E-state index in [9.17, 15) is 4.79 Å². The van der Waals surface area contributed by atoms with Gasteiger partial charge in [-0.15, -0.1) is 0 Å². The van der Waals surface area contributed by atoms with Crippen molar-refractivity contribution >= 4 is 17.7 Å². The average molecular weight is 271 g/mol. The lowest BCUT2D eigenvalue weighted by Crippen LogP contribution is -2.46. The summed E-state index contributed by atoms with van der Waals surface area (Å²) in [4.78, 5) is 15.8. The van der Waals surface area contributed by atoms with Gasteiger partial charge in [0, 0.05) is 25.2 Å². The van der Waals surface area contributed by atoms with Gasteiger partial charge in [0.2, 0.25) is 0 Å². The van der Waals surface area contributed by atoms with Gasteiger partial charge in [0.1, 0.15) is 5.54 Å². The maximum absolute atomic E-state index is 11.6. The van der Waals surface area contributed by atoms with Crippen LogP contribution in [-0.4, -0.2) is 33.4 Å². The average Bonchev–Trinajstić information content (AvgIpc) is 2.71. The number of thioether (sulfide) groups is 1. The summed E-state index contributed by atoms with van der Waals surface area (Å²) in [6, 6.07) is 0. The van der Waals surface area contributed by atoms with Gasteiger partial charge in [0.05, 0.1) is 6.61 Å². The molecule has 0 radical (unpaired) electrons. The first-order valence-corrected chi connectivity index (χ1v) is 7.02. The largest absolute Gasteiger partial charge is 0.465 e. The first-order valence-electron chi connectivity index (χ1n) is 6.03. The molecule has 0 amide bonds. The van der Waals surface area contributed by atoms with Gasteiger partial charge in [-0.05, 0) is 26.7 Å². The van der Waals surface area contributed by atoms with E-state index in [2.05, 4.69) is 4.98 Å². The first kappa shape index (κ1) is 15.0. The van der Waals surface area contributed by atoms with Crippen LogP contribution in [0.5, 0.6) is 0 Å². The predicted molar refractivity (Wildman–Crippen MR) is 72.4 cm³/mol. The Hall–Kier alpha value is -1.01. The van der Waals surface area contributed by atoms with Crippen molar-refractivity contribution in [2.45, 2.75) is 37.4 Å². The van der Waals surface area contributed by atoms with E-state index in [0.717, 1.165) is 17.3 Å². The van der Waals surface area contributed by atoms with Gasteiger partial charge in [-0.3, -0.25) is 4.79 Å². The number of nitrogens with zero attached hydrogens (tertiary/aromatic N) is 2. The summed E-state index contributed by atoms with van der Waals surface area (Å²) in [7, 11) is 1.96. The van der Waals surface area contributed by atoms with E-state index >= 15 is 0 Å². The van der Waals surface area contributed by atoms with Crippen LogP contribution in [0.4, 0.5) is 0 Å². The molecule has 5 nitrogen and oxygen atoms in total. The van der Waals surface area contributed by atoms with Crippen molar-refractivity contribution < 1.29 is 9.53 Å².